The number of aliphatic hydroxyl groups is 1. The molecule has 0 bridgehead atoms. The van der Waals surface area contributed by atoms with Gasteiger partial charge in [0.05, 0.1) is 6.10 Å². The molecule has 0 aromatic heterocycles. The minimum Gasteiger partial charge on any atom is -0.388 e. The number of aliphatic hydroxyl groups excluding tert-OH is 1. The molecule has 9 atom stereocenters. The predicted octanol–water partition coefficient (Wildman–Crippen LogP) is 6.61. The lowest BCUT2D eigenvalue weighted by atomic mass is 9.43. The van der Waals surface area contributed by atoms with Gasteiger partial charge >= 0.3 is 0 Å². The second-order valence-corrected chi connectivity index (χ2v) is 10.9. The highest BCUT2D eigenvalue weighted by atomic mass is 16.3. The Labute approximate surface area is 162 Å². The maximum absolute atomic E-state index is 11.6. The van der Waals surface area contributed by atoms with Crippen LogP contribution < -0.4 is 0 Å². The fourth-order valence-corrected chi connectivity index (χ4v) is 8.81. The van der Waals surface area contributed by atoms with Crippen molar-refractivity contribution in [3.05, 3.63) is 11.6 Å². The van der Waals surface area contributed by atoms with E-state index in [1.807, 2.05) is 0 Å². The highest BCUT2D eigenvalue weighted by Crippen LogP contribution is 2.69. The summed E-state index contributed by atoms with van der Waals surface area (Å²) in [6.45, 7) is 12.3. The number of hydrogen-bond donors (Lipinski definition) is 1. The van der Waals surface area contributed by atoms with Gasteiger partial charge in [-0.2, -0.15) is 0 Å². The Balaban J connectivity index is 1.72. The molecule has 0 aromatic carbocycles. The molecule has 0 radical (unpaired) electrons. The molecule has 0 aromatic rings. The third kappa shape index (κ3) is 2.44. The maximum Gasteiger partial charge on any atom is 0.0786 e. The first-order chi connectivity index (χ1) is 12.4. The summed E-state index contributed by atoms with van der Waals surface area (Å²) < 4.78 is 0. The number of allylic oxidation sites excluding steroid dienone is 1. The summed E-state index contributed by atoms with van der Waals surface area (Å²) >= 11 is 0. The van der Waals surface area contributed by atoms with Crippen LogP contribution in [0.25, 0.3) is 0 Å². The summed E-state index contributed by atoms with van der Waals surface area (Å²) in [5, 5.41) is 11.6. The molecule has 4 fully saturated rings. The normalized spacial score (nSPS) is 53.7. The van der Waals surface area contributed by atoms with Crippen molar-refractivity contribution in [1.29, 1.82) is 0 Å². The molecule has 1 N–H and O–H groups in total. The van der Waals surface area contributed by atoms with Crippen molar-refractivity contribution in [2.45, 2.75) is 98.5 Å². The van der Waals surface area contributed by atoms with Crippen LogP contribution >= 0.6 is 0 Å². The highest BCUT2D eigenvalue weighted by Gasteiger charge is 2.63. The van der Waals surface area contributed by atoms with E-state index in [1.54, 1.807) is 0 Å². The predicted molar refractivity (Wildman–Crippen MR) is 110 cm³/mol. The van der Waals surface area contributed by atoms with E-state index < -0.39 is 0 Å². The first-order valence-electron chi connectivity index (χ1n) is 11.7. The summed E-state index contributed by atoms with van der Waals surface area (Å²) in [5.41, 5.74) is 2.33. The fraction of sp³-hybridized carbons (Fsp3) is 0.920. The molecule has 4 rings (SSSR count). The van der Waals surface area contributed by atoms with E-state index in [1.165, 1.54) is 63.4 Å². The average Bonchev–Trinajstić information content (AvgIpc) is 2.99. The van der Waals surface area contributed by atoms with Gasteiger partial charge in [-0.15, -0.1) is 0 Å². The Morgan fingerprint density at radius 3 is 2.46 bits per heavy atom. The van der Waals surface area contributed by atoms with Gasteiger partial charge in [-0.05, 0) is 97.4 Å². The van der Waals surface area contributed by atoms with Gasteiger partial charge in [0.25, 0.3) is 0 Å². The molecular formula is C25H42O. The van der Waals surface area contributed by atoms with Gasteiger partial charge in [-0.3, -0.25) is 0 Å². The first kappa shape index (κ1) is 19.0. The van der Waals surface area contributed by atoms with Crippen LogP contribution in [0.1, 0.15) is 92.4 Å². The molecule has 1 nitrogen and oxygen atoms in total. The topological polar surface area (TPSA) is 20.2 Å². The molecule has 0 amide bonds. The lowest BCUT2D eigenvalue weighted by Gasteiger charge is -2.63. The molecule has 4 aliphatic carbocycles. The second-order valence-electron chi connectivity index (χ2n) is 10.9. The van der Waals surface area contributed by atoms with Gasteiger partial charge in [0.2, 0.25) is 0 Å². The van der Waals surface area contributed by atoms with Crippen molar-refractivity contribution >= 4 is 0 Å². The van der Waals surface area contributed by atoms with Crippen LogP contribution in [0.4, 0.5) is 0 Å². The summed E-state index contributed by atoms with van der Waals surface area (Å²) in [5.74, 6) is 4.37. The van der Waals surface area contributed by atoms with Crippen LogP contribution in [0.15, 0.2) is 11.6 Å². The molecule has 0 saturated heterocycles. The fourth-order valence-electron chi connectivity index (χ4n) is 8.81. The summed E-state index contributed by atoms with van der Waals surface area (Å²) in [6, 6.07) is 0. The van der Waals surface area contributed by atoms with Crippen LogP contribution in [-0.4, -0.2) is 11.2 Å². The van der Waals surface area contributed by atoms with Crippen molar-refractivity contribution < 1.29 is 5.11 Å². The van der Waals surface area contributed by atoms with Gasteiger partial charge in [0.1, 0.15) is 0 Å². The minimum absolute atomic E-state index is 0.165. The minimum atomic E-state index is -0.165. The third-order valence-electron chi connectivity index (χ3n) is 10.3. The Hall–Kier alpha value is -0.300. The van der Waals surface area contributed by atoms with Crippen LogP contribution in [0.3, 0.4) is 0 Å². The van der Waals surface area contributed by atoms with E-state index in [-0.39, 0.29) is 6.10 Å². The number of hydrogen-bond acceptors (Lipinski definition) is 1. The molecule has 4 aliphatic rings. The lowest BCUT2D eigenvalue weighted by molar-refractivity contribution is -0.137. The molecule has 4 saturated carbocycles. The molecule has 148 valence electrons. The SMILES string of the molecule is C/C=C1/C(O)C2C3CC[C@H]([C@H](C)CC)[C@@]3(C)CCC2[C@@]2(C)CCCC[C@@H]12. The zero-order valence-electron chi connectivity index (χ0n) is 17.9. The Bertz CT molecular complexity index is 565. The van der Waals surface area contributed by atoms with Crippen LogP contribution in [-0.2, 0) is 0 Å². The Kier molecular flexibility index (Phi) is 4.86. The number of fused-ring (bicyclic) bond motifs is 5. The molecule has 0 heterocycles. The zero-order chi connectivity index (χ0) is 18.7. The van der Waals surface area contributed by atoms with Crippen molar-refractivity contribution in [1.82, 2.24) is 0 Å². The van der Waals surface area contributed by atoms with E-state index in [0.29, 0.717) is 22.7 Å². The number of rotatable bonds is 2. The van der Waals surface area contributed by atoms with Crippen LogP contribution in [0, 0.1) is 46.3 Å². The maximum atomic E-state index is 11.6. The largest absolute Gasteiger partial charge is 0.388 e. The van der Waals surface area contributed by atoms with Gasteiger partial charge in [0, 0.05) is 0 Å². The van der Waals surface area contributed by atoms with E-state index >= 15 is 0 Å². The van der Waals surface area contributed by atoms with Crippen molar-refractivity contribution in [2.24, 2.45) is 46.3 Å². The van der Waals surface area contributed by atoms with Gasteiger partial charge in [0.15, 0.2) is 0 Å². The molecule has 4 unspecified atom stereocenters. The molecule has 1 heteroatoms. The third-order valence-corrected chi connectivity index (χ3v) is 10.3. The standard InChI is InChI=1S/C25H42O/c1-6-16(3)18-11-12-20-22-21(13-15-25(18,20)5)24(4)14-9-8-10-19(24)17(7-2)23(22)26/h7,16,18-23,26H,6,8-15H2,1-5H3/b17-7+/t16-,18-,19+,20?,21?,22?,23?,24+,25-/m1/s1. The molecule has 0 aliphatic heterocycles. The first-order valence-corrected chi connectivity index (χ1v) is 11.7. The monoisotopic (exact) mass is 358 g/mol. The molecular weight excluding hydrogens is 316 g/mol. The van der Waals surface area contributed by atoms with Crippen LogP contribution in [0.2, 0.25) is 0 Å². The van der Waals surface area contributed by atoms with Crippen molar-refractivity contribution in [2.75, 3.05) is 0 Å². The Morgan fingerprint density at radius 1 is 1.04 bits per heavy atom. The van der Waals surface area contributed by atoms with Gasteiger partial charge in [-0.25, -0.2) is 0 Å². The lowest BCUT2D eigenvalue weighted by Crippen LogP contribution is -2.58. The average molecular weight is 359 g/mol. The smallest absolute Gasteiger partial charge is 0.0786 e. The molecule has 0 spiro atoms. The summed E-state index contributed by atoms with van der Waals surface area (Å²) in [6.07, 6.45) is 14.5. The quantitative estimate of drug-likeness (QED) is 0.551. The second kappa shape index (κ2) is 6.64. The van der Waals surface area contributed by atoms with E-state index in [0.717, 1.165) is 23.7 Å². The van der Waals surface area contributed by atoms with Gasteiger partial charge < -0.3 is 5.11 Å². The Morgan fingerprint density at radius 2 is 1.77 bits per heavy atom. The summed E-state index contributed by atoms with van der Waals surface area (Å²) in [4.78, 5) is 0. The highest BCUT2D eigenvalue weighted by molar-refractivity contribution is 5.26. The van der Waals surface area contributed by atoms with Crippen molar-refractivity contribution in [3.63, 3.8) is 0 Å². The van der Waals surface area contributed by atoms with Gasteiger partial charge in [-0.1, -0.05) is 53.0 Å². The van der Waals surface area contributed by atoms with Crippen molar-refractivity contribution in [3.8, 4) is 0 Å². The van der Waals surface area contributed by atoms with E-state index in [9.17, 15) is 5.11 Å². The summed E-state index contributed by atoms with van der Waals surface area (Å²) in [7, 11) is 0. The van der Waals surface area contributed by atoms with E-state index in [2.05, 4.69) is 40.7 Å². The zero-order valence-corrected chi connectivity index (χ0v) is 17.9. The van der Waals surface area contributed by atoms with Crippen LogP contribution in [0.5, 0.6) is 0 Å². The van der Waals surface area contributed by atoms with E-state index in [4.69, 9.17) is 0 Å². The molecule has 26 heavy (non-hydrogen) atoms.